The fourth-order valence-electron chi connectivity index (χ4n) is 1.51. The van der Waals surface area contributed by atoms with Gasteiger partial charge in [-0.1, -0.05) is 13.3 Å². The number of rotatable bonds is 6. The van der Waals surface area contributed by atoms with Crippen molar-refractivity contribution in [2.45, 2.75) is 45.7 Å². The Hall–Kier alpha value is -0.710. The first kappa shape index (κ1) is 15.3. The number of amides is 2. The number of nitrogens with zero attached hydrogens (tertiary/aromatic N) is 1. The highest BCUT2D eigenvalue weighted by molar-refractivity contribution is 7.80. The molecule has 0 aromatic rings. The van der Waals surface area contributed by atoms with Crippen LogP contribution in [-0.4, -0.2) is 41.6 Å². The van der Waals surface area contributed by atoms with Crippen molar-refractivity contribution in [3.63, 3.8) is 0 Å². The van der Waals surface area contributed by atoms with Crippen molar-refractivity contribution in [1.82, 2.24) is 10.2 Å². The van der Waals surface area contributed by atoms with Crippen LogP contribution in [0, 0.1) is 0 Å². The summed E-state index contributed by atoms with van der Waals surface area (Å²) in [5.41, 5.74) is 0. The van der Waals surface area contributed by atoms with E-state index in [9.17, 15) is 9.59 Å². The summed E-state index contributed by atoms with van der Waals surface area (Å²) in [6.07, 6.45) is 1.99. The lowest BCUT2D eigenvalue weighted by Crippen LogP contribution is -2.50. The van der Waals surface area contributed by atoms with Crippen LogP contribution in [0.5, 0.6) is 0 Å². The van der Waals surface area contributed by atoms with E-state index in [1.165, 1.54) is 6.92 Å². The molecule has 2 atom stereocenters. The number of carbonyl (C=O) groups excluding carboxylic acids is 2. The first-order chi connectivity index (χ1) is 7.43. The van der Waals surface area contributed by atoms with Crippen molar-refractivity contribution in [3.05, 3.63) is 0 Å². The molecule has 0 spiro atoms. The number of carbonyl (C=O) groups is 2. The Morgan fingerprint density at radius 2 is 2.00 bits per heavy atom. The molecule has 0 saturated heterocycles. The van der Waals surface area contributed by atoms with Crippen LogP contribution < -0.4 is 5.32 Å². The number of nitrogens with one attached hydrogen (secondary N) is 1. The van der Waals surface area contributed by atoms with E-state index in [-0.39, 0.29) is 17.9 Å². The molecule has 0 rings (SSSR count). The first-order valence-corrected chi connectivity index (χ1v) is 6.21. The lowest BCUT2D eigenvalue weighted by Gasteiger charge is -2.28. The van der Waals surface area contributed by atoms with Gasteiger partial charge < -0.3 is 10.2 Å². The fourth-order valence-corrected chi connectivity index (χ4v) is 1.75. The van der Waals surface area contributed by atoms with Crippen LogP contribution in [0.1, 0.15) is 33.6 Å². The third-order valence-corrected chi connectivity index (χ3v) is 2.94. The quantitative estimate of drug-likeness (QED) is 0.689. The van der Waals surface area contributed by atoms with Gasteiger partial charge in [-0.25, -0.2) is 0 Å². The molecule has 1 N–H and O–H groups in total. The predicted molar refractivity (Wildman–Crippen MR) is 68.6 cm³/mol. The molecule has 0 heterocycles. The van der Waals surface area contributed by atoms with Crippen LogP contribution in [0.2, 0.25) is 0 Å². The Morgan fingerprint density at radius 1 is 1.44 bits per heavy atom. The van der Waals surface area contributed by atoms with Crippen LogP contribution in [0.3, 0.4) is 0 Å². The number of hydrogen-bond acceptors (Lipinski definition) is 3. The van der Waals surface area contributed by atoms with Crippen molar-refractivity contribution in [2.75, 3.05) is 12.8 Å². The van der Waals surface area contributed by atoms with E-state index in [0.29, 0.717) is 5.75 Å². The number of likely N-dealkylation sites (N-methyl/N-ethyl adjacent to an activating group) is 1. The van der Waals surface area contributed by atoms with Gasteiger partial charge in [-0.05, 0) is 13.3 Å². The summed E-state index contributed by atoms with van der Waals surface area (Å²) in [5, 5.41) is 2.60. The molecular weight excluding hydrogens is 224 g/mol. The average molecular weight is 246 g/mol. The van der Waals surface area contributed by atoms with Crippen molar-refractivity contribution in [2.24, 2.45) is 0 Å². The normalized spacial score (nSPS) is 14.1. The fraction of sp³-hybridized carbons (Fsp3) is 0.818. The zero-order valence-electron chi connectivity index (χ0n) is 10.5. The zero-order chi connectivity index (χ0) is 12.7. The molecular formula is C11H22N2O2S. The van der Waals surface area contributed by atoms with Crippen molar-refractivity contribution >= 4 is 24.4 Å². The molecule has 0 fully saturated rings. The molecule has 0 aromatic heterocycles. The summed E-state index contributed by atoms with van der Waals surface area (Å²) in [6, 6.07) is -0.334. The smallest absolute Gasteiger partial charge is 0.245 e. The van der Waals surface area contributed by atoms with Gasteiger partial charge in [-0.3, -0.25) is 9.59 Å². The molecule has 2 amide bonds. The molecule has 16 heavy (non-hydrogen) atoms. The number of hydrogen-bond donors (Lipinski definition) is 2. The van der Waals surface area contributed by atoms with Gasteiger partial charge in [0.1, 0.15) is 6.04 Å². The Labute approximate surface area is 103 Å². The minimum atomic E-state index is -0.523. The Bertz CT molecular complexity index is 246. The molecule has 0 aliphatic carbocycles. The van der Waals surface area contributed by atoms with Gasteiger partial charge in [-0.2, -0.15) is 12.6 Å². The van der Waals surface area contributed by atoms with E-state index >= 15 is 0 Å². The molecule has 0 radical (unpaired) electrons. The van der Waals surface area contributed by atoms with Gasteiger partial charge in [0.05, 0.1) is 0 Å². The Kier molecular flexibility index (Phi) is 7.21. The second-order valence-electron chi connectivity index (χ2n) is 4.02. The minimum absolute atomic E-state index is 0.0776. The first-order valence-electron chi connectivity index (χ1n) is 5.58. The van der Waals surface area contributed by atoms with Crippen LogP contribution in [-0.2, 0) is 9.59 Å². The van der Waals surface area contributed by atoms with E-state index in [4.69, 9.17) is 0 Å². The van der Waals surface area contributed by atoms with Gasteiger partial charge in [-0.15, -0.1) is 0 Å². The molecule has 0 saturated carbocycles. The lowest BCUT2D eigenvalue weighted by molar-refractivity contribution is -0.135. The third kappa shape index (κ3) is 4.88. The zero-order valence-corrected chi connectivity index (χ0v) is 11.4. The summed E-state index contributed by atoms with van der Waals surface area (Å²) in [4.78, 5) is 24.6. The highest BCUT2D eigenvalue weighted by Gasteiger charge is 2.24. The maximum atomic E-state index is 12.0. The summed E-state index contributed by atoms with van der Waals surface area (Å²) >= 11 is 4.08. The van der Waals surface area contributed by atoms with Gasteiger partial charge >= 0.3 is 0 Å². The maximum Gasteiger partial charge on any atom is 0.245 e. The van der Waals surface area contributed by atoms with Gasteiger partial charge in [0.15, 0.2) is 0 Å². The lowest BCUT2D eigenvalue weighted by atomic mass is 10.1. The predicted octanol–water partition coefficient (Wildman–Crippen LogP) is 1.07. The second-order valence-corrected chi connectivity index (χ2v) is 4.39. The monoisotopic (exact) mass is 246 g/mol. The van der Waals surface area contributed by atoms with Gasteiger partial charge in [0.25, 0.3) is 0 Å². The second kappa shape index (κ2) is 7.54. The molecule has 94 valence electrons. The molecule has 4 nitrogen and oxygen atoms in total. The average Bonchev–Trinajstić information content (AvgIpc) is 2.23. The molecule has 0 aliphatic heterocycles. The Morgan fingerprint density at radius 3 is 2.38 bits per heavy atom. The van der Waals surface area contributed by atoms with Gasteiger partial charge in [0.2, 0.25) is 11.8 Å². The van der Waals surface area contributed by atoms with E-state index in [2.05, 4.69) is 24.9 Å². The van der Waals surface area contributed by atoms with Crippen LogP contribution in [0.15, 0.2) is 0 Å². The summed E-state index contributed by atoms with van der Waals surface area (Å²) in [5.74, 6) is 0.0387. The van der Waals surface area contributed by atoms with Crippen LogP contribution in [0.4, 0.5) is 0 Å². The SMILES string of the molecule is CCCC(C)N(C)C(=O)C(CS)NC(C)=O. The van der Waals surface area contributed by atoms with Crippen molar-refractivity contribution < 1.29 is 9.59 Å². The van der Waals surface area contributed by atoms with E-state index in [1.807, 2.05) is 6.92 Å². The number of thiol groups is 1. The molecule has 2 unspecified atom stereocenters. The van der Waals surface area contributed by atoms with Crippen LogP contribution in [0.25, 0.3) is 0 Å². The van der Waals surface area contributed by atoms with Gasteiger partial charge in [0, 0.05) is 25.8 Å². The topological polar surface area (TPSA) is 49.4 Å². The third-order valence-electron chi connectivity index (χ3n) is 2.57. The summed E-state index contributed by atoms with van der Waals surface area (Å²) in [7, 11) is 1.76. The Balaban J connectivity index is 4.43. The van der Waals surface area contributed by atoms with E-state index in [1.54, 1.807) is 11.9 Å². The largest absolute Gasteiger partial charge is 0.344 e. The summed E-state index contributed by atoms with van der Waals surface area (Å²) < 4.78 is 0. The molecule has 5 heteroatoms. The van der Waals surface area contributed by atoms with Crippen molar-refractivity contribution in [3.8, 4) is 0 Å². The minimum Gasteiger partial charge on any atom is -0.344 e. The van der Waals surface area contributed by atoms with E-state index in [0.717, 1.165) is 12.8 Å². The highest BCUT2D eigenvalue weighted by Crippen LogP contribution is 2.06. The highest BCUT2D eigenvalue weighted by atomic mass is 32.1. The molecule has 0 aliphatic rings. The van der Waals surface area contributed by atoms with Crippen molar-refractivity contribution in [1.29, 1.82) is 0 Å². The van der Waals surface area contributed by atoms with E-state index < -0.39 is 6.04 Å². The van der Waals surface area contributed by atoms with Crippen LogP contribution >= 0.6 is 12.6 Å². The summed E-state index contributed by atoms with van der Waals surface area (Å²) in [6.45, 7) is 5.49. The molecule has 0 aromatic carbocycles. The standard InChI is InChI=1S/C11H22N2O2S/c1-5-6-8(2)13(4)11(15)10(7-16)12-9(3)14/h8,10,16H,5-7H2,1-4H3,(H,12,14). The maximum absolute atomic E-state index is 12.0. The molecule has 0 bridgehead atoms.